The predicted molar refractivity (Wildman–Crippen MR) is 94.0 cm³/mol. The van der Waals surface area contributed by atoms with E-state index >= 15 is 0 Å². The highest BCUT2D eigenvalue weighted by molar-refractivity contribution is 7.89. The van der Waals surface area contributed by atoms with E-state index in [2.05, 4.69) is 10.1 Å². The number of nitrogens with one attached hydrogen (secondary N) is 1. The first-order valence-electron chi connectivity index (χ1n) is 7.83. The highest BCUT2D eigenvalue weighted by Gasteiger charge is 2.31. The number of halogens is 3. The largest absolute Gasteiger partial charge is 0.455 e. The average Bonchev–Trinajstić information content (AvgIpc) is 3.35. The monoisotopic (exact) mass is 447 g/mol. The fraction of sp³-hybridized carbons (Fsp3) is 0.188. The van der Waals surface area contributed by atoms with E-state index in [1.54, 1.807) is 11.4 Å². The van der Waals surface area contributed by atoms with Crippen molar-refractivity contribution >= 4 is 27.3 Å². The lowest BCUT2D eigenvalue weighted by Crippen LogP contribution is -2.30. The lowest BCUT2D eigenvalue weighted by Gasteiger charge is -2.10. The van der Waals surface area contributed by atoms with Gasteiger partial charge in [0, 0.05) is 10.9 Å². The van der Waals surface area contributed by atoms with Gasteiger partial charge in [0.25, 0.3) is 5.89 Å². The van der Waals surface area contributed by atoms with Crippen molar-refractivity contribution in [2.24, 2.45) is 0 Å². The number of rotatable bonds is 7. The zero-order valence-corrected chi connectivity index (χ0v) is 16.0. The molecule has 8 nitrogen and oxygen atoms in total. The quantitative estimate of drug-likeness (QED) is 0.555. The van der Waals surface area contributed by atoms with Gasteiger partial charge < -0.3 is 9.26 Å². The number of aromatic nitrogens is 2. The molecule has 0 aliphatic rings. The van der Waals surface area contributed by atoms with Gasteiger partial charge in [0.1, 0.15) is 6.54 Å². The Bertz CT molecular complexity index is 1100. The van der Waals surface area contributed by atoms with Crippen LogP contribution < -0.4 is 4.72 Å². The van der Waals surface area contributed by atoms with Crippen molar-refractivity contribution in [3.63, 3.8) is 0 Å². The number of carbonyl (C=O) groups excluding carboxylic acids is 1. The predicted octanol–water partition coefficient (Wildman–Crippen LogP) is 2.84. The Morgan fingerprint density at radius 3 is 2.76 bits per heavy atom. The molecule has 0 amide bonds. The number of sulfonamides is 1. The van der Waals surface area contributed by atoms with Crippen molar-refractivity contribution in [2.75, 3.05) is 6.54 Å². The van der Waals surface area contributed by atoms with Crippen LogP contribution in [0, 0.1) is 0 Å². The number of esters is 1. The van der Waals surface area contributed by atoms with E-state index in [4.69, 9.17) is 9.26 Å². The first kappa shape index (κ1) is 21.0. The van der Waals surface area contributed by atoms with Gasteiger partial charge in [-0.05, 0) is 29.6 Å². The van der Waals surface area contributed by atoms with Gasteiger partial charge in [-0.3, -0.25) is 4.79 Å². The molecule has 2 heterocycles. The minimum atomic E-state index is -4.70. The van der Waals surface area contributed by atoms with Crippen molar-refractivity contribution < 1.29 is 35.6 Å². The Balaban J connectivity index is 1.55. The van der Waals surface area contributed by atoms with Crippen molar-refractivity contribution in [3.8, 4) is 11.4 Å². The maximum atomic E-state index is 12.7. The molecule has 13 heteroatoms. The molecular formula is C16H12F3N3O5S2. The van der Waals surface area contributed by atoms with Crippen molar-refractivity contribution in [1.82, 2.24) is 14.9 Å². The average molecular weight is 447 g/mol. The van der Waals surface area contributed by atoms with Crippen LogP contribution in [-0.4, -0.2) is 31.1 Å². The molecule has 2 aromatic heterocycles. The summed E-state index contributed by atoms with van der Waals surface area (Å²) in [5.41, 5.74) is -0.397. The maximum Gasteiger partial charge on any atom is 0.416 e. The molecule has 0 unspecified atom stereocenters. The summed E-state index contributed by atoms with van der Waals surface area (Å²) in [6.45, 7) is -1.18. The molecule has 1 N–H and O–H groups in total. The molecule has 0 fully saturated rings. The summed E-state index contributed by atoms with van der Waals surface area (Å²) >= 11 is 1.44. The Hall–Kier alpha value is -2.77. The van der Waals surface area contributed by atoms with E-state index in [-0.39, 0.29) is 12.5 Å². The molecule has 3 aromatic rings. The smallest absolute Gasteiger partial charge is 0.416 e. The summed E-state index contributed by atoms with van der Waals surface area (Å²) in [5, 5.41) is 7.33. The molecule has 0 radical (unpaired) electrons. The molecule has 0 aliphatic carbocycles. The molecule has 29 heavy (non-hydrogen) atoms. The second-order valence-electron chi connectivity index (χ2n) is 5.53. The topological polar surface area (TPSA) is 111 Å². The number of hydrogen-bond donors (Lipinski definition) is 1. The van der Waals surface area contributed by atoms with E-state index in [9.17, 15) is 26.4 Å². The number of carbonyl (C=O) groups is 1. The number of thiophene rings is 1. The van der Waals surface area contributed by atoms with Crippen LogP contribution >= 0.6 is 11.3 Å². The van der Waals surface area contributed by atoms with Gasteiger partial charge in [0.05, 0.1) is 10.5 Å². The zero-order valence-electron chi connectivity index (χ0n) is 14.3. The first-order valence-corrected chi connectivity index (χ1v) is 10.3. The van der Waals surface area contributed by atoms with Crippen LogP contribution in [0.3, 0.4) is 0 Å². The molecule has 0 spiro atoms. The van der Waals surface area contributed by atoms with Crippen LogP contribution in [-0.2, 0) is 32.3 Å². The van der Waals surface area contributed by atoms with Gasteiger partial charge in [-0.2, -0.15) is 34.2 Å². The van der Waals surface area contributed by atoms with Crippen molar-refractivity contribution in [2.45, 2.75) is 17.7 Å². The number of nitrogens with zero attached hydrogens (tertiary/aromatic N) is 2. The van der Waals surface area contributed by atoms with Crippen LogP contribution in [0.2, 0.25) is 0 Å². The van der Waals surface area contributed by atoms with Crippen molar-refractivity contribution in [1.29, 1.82) is 0 Å². The minimum Gasteiger partial charge on any atom is -0.455 e. The molecule has 0 atom stereocenters. The molecule has 3 rings (SSSR count). The maximum absolute atomic E-state index is 12.7. The van der Waals surface area contributed by atoms with Gasteiger partial charge in [-0.1, -0.05) is 11.2 Å². The summed E-state index contributed by atoms with van der Waals surface area (Å²) in [7, 11) is -4.35. The third-order valence-corrected chi connectivity index (χ3v) is 5.56. The molecule has 0 aliphatic heterocycles. The Morgan fingerprint density at radius 1 is 1.28 bits per heavy atom. The summed E-state index contributed by atoms with van der Waals surface area (Å²) in [4.78, 5) is 15.1. The minimum absolute atomic E-state index is 0.000264. The fourth-order valence-electron chi connectivity index (χ4n) is 2.09. The van der Waals surface area contributed by atoms with Crippen molar-refractivity contribution in [3.05, 3.63) is 52.5 Å². The molecule has 154 valence electrons. The van der Waals surface area contributed by atoms with Crippen LogP contribution in [0.25, 0.3) is 11.4 Å². The lowest BCUT2D eigenvalue weighted by atomic mass is 10.2. The van der Waals surface area contributed by atoms with Crippen LogP contribution in [0.1, 0.15) is 11.5 Å². The van der Waals surface area contributed by atoms with E-state index in [0.29, 0.717) is 11.9 Å². The number of alkyl halides is 3. The number of benzene rings is 1. The molecule has 0 saturated heterocycles. The van der Waals surface area contributed by atoms with Gasteiger partial charge in [0.15, 0.2) is 6.61 Å². The SMILES string of the molecule is O=C(CNS(=O)(=O)c1cccc(C(F)(F)F)c1)OCc1nc(-c2ccsc2)no1. The van der Waals surface area contributed by atoms with E-state index in [0.717, 1.165) is 23.8 Å². The lowest BCUT2D eigenvalue weighted by molar-refractivity contribution is -0.144. The normalized spacial score (nSPS) is 12.1. The fourth-order valence-corrected chi connectivity index (χ4v) is 3.74. The van der Waals surface area contributed by atoms with Gasteiger partial charge >= 0.3 is 12.1 Å². The van der Waals surface area contributed by atoms with Crippen LogP contribution in [0.4, 0.5) is 13.2 Å². The third-order valence-electron chi connectivity index (χ3n) is 3.48. The Labute approximate surface area is 166 Å². The summed E-state index contributed by atoms with van der Waals surface area (Å²) in [6, 6.07) is 4.91. The highest BCUT2D eigenvalue weighted by Crippen LogP contribution is 2.30. The number of ether oxygens (including phenoxy) is 1. The van der Waals surface area contributed by atoms with Crippen LogP contribution in [0.5, 0.6) is 0 Å². The van der Waals surface area contributed by atoms with E-state index in [1.165, 1.54) is 11.3 Å². The van der Waals surface area contributed by atoms with E-state index in [1.807, 2.05) is 10.1 Å². The Kier molecular flexibility index (Phi) is 6.00. The summed E-state index contributed by atoms with van der Waals surface area (Å²) in [6.07, 6.45) is -4.70. The third kappa shape index (κ3) is 5.40. The summed E-state index contributed by atoms with van der Waals surface area (Å²) < 4.78 is 74.0. The Morgan fingerprint density at radius 2 is 2.07 bits per heavy atom. The molecule has 0 saturated carbocycles. The van der Waals surface area contributed by atoms with Gasteiger partial charge in [-0.15, -0.1) is 0 Å². The van der Waals surface area contributed by atoms with Crippen LogP contribution in [0.15, 0.2) is 50.5 Å². The second kappa shape index (κ2) is 8.31. The summed E-state index contributed by atoms with van der Waals surface area (Å²) in [5.74, 6) is -0.668. The van der Waals surface area contributed by atoms with Gasteiger partial charge in [-0.25, -0.2) is 8.42 Å². The molecule has 1 aromatic carbocycles. The standard InChI is InChI=1S/C16H12F3N3O5S2/c17-16(18,19)11-2-1-3-12(6-11)29(24,25)20-7-14(23)26-8-13-21-15(22-27-13)10-4-5-28-9-10/h1-6,9,20H,7-8H2. The zero-order chi connectivity index (χ0) is 21.1. The second-order valence-corrected chi connectivity index (χ2v) is 8.08. The number of hydrogen-bond acceptors (Lipinski definition) is 8. The van der Waals surface area contributed by atoms with Gasteiger partial charge in [0.2, 0.25) is 15.8 Å². The first-order chi connectivity index (χ1) is 13.6. The molecule has 0 bridgehead atoms. The highest BCUT2D eigenvalue weighted by atomic mass is 32.2. The molecular weight excluding hydrogens is 435 g/mol. The van der Waals surface area contributed by atoms with E-state index < -0.39 is 39.2 Å².